The van der Waals surface area contributed by atoms with Gasteiger partial charge in [-0.1, -0.05) is 80.8 Å². The van der Waals surface area contributed by atoms with Crippen LogP contribution in [0, 0.1) is 0 Å². The molecule has 0 aliphatic heterocycles. The standard InChI is InChI=1S/C32H35ClN4O2/c1-3-5-7-10-24-13-15-26(16-14-24)32(39)36(21-4-2)23-31(38)34-30-22-29(25-11-8-6-9-12-25)35-37(30)28-19-17-27(33)18-20-28/h6,8-9,11-20,22H,3-5,7,10,21,23H2,1-2H3,(H,34,38). The van der Waals surface area contributed by atoms with Crippen LogP contribution in [0.1, 0.15) is 55.5 Å². The summed E-state index contributed by atoms with van der Waals surface area (Å²) in [7, 11) is 0. The van der Waals surface area contributed by atoms with Crippen molar-refractivity contribution in [3.8, 4) is 16.9 Å². The maximum Gasteiger partial charge on any atom is 0.254 e. The lowest BCUT2D eigenvalue weighted by molar-refractivity contribution is -0.116. The van der Waals surface area contributed by atoms with Gasteiger partial charge in [0.25, 0.3) is 5.91 Å². The average Bonchev–Trinajstić information content (AvgIpc) is 3.37. The van der Waals surface area contributed by atoms with Gasteiger partial charge >= 0.3 is 0 Å². The molecule has 2 amide bonds. The van der Waals surface area contributed by atoms with Crippen LogP contribution >= 0.6 is 11.6 Å². The number of unbranched alkanes of at least 4 members (excludes halogenated alkanes) is 2. The van der Waals surface area contributed by atoms with E-state index in [0.29, 0.717) is 22.9 Å². The Morgan fingerprint density at radius 3 is 2.28 bits per heavy atom. The fourth-order valence-corrected chi connectivity index (χ4v) is 4.58. The first-order chi connectivity index (χ1) is 19.0. The molecule has 0 atom stereocenters. The van der Waals surface area contributed by atoms with Crippen molar-refractivity contribution in [1.82, 2.24) is 14.7 Å². The van der Waals surface area contributed by atoms with E-state index in [1.165, 1.54) is 18.4 Å². The van der Waals surface area contributed by atoms with Crippen molar-refractivity contribution in [3.63, 3.8) is 0 Å². The smallest absolute Gasteiger partial charge is 0.254 e. The van der Waals surface area contributed by atoms with Gasteiger partial charge < -0.3 is 10.2 Å². The highest BCUT2D eigenvalue weighted by Crippen LogP contribution is 2.25. The molecule has 4 aromatic rings. The van der Waals surface area contributed by atoms with Crippen LogP contribution < -0.4 is 5.32 Å². The molecule has 1 N–H and O–H groups in total. The first-order valence-electron chi connectivity index (χ1n) is 13.6. The summed E-state index contributed by atoms with van der Waals surface area (Å²) < 4.78 is 1.68. The third-order valence-corrected chi connectivity index (χ3v) is 6.75. The average molecular weight is 543 g/mol. The number of rotatable bonds is 12. The highest BCUT2D eigenvalue weighted by Gasteiger charge is 2.20. The summed E-state index contributed by atoms with van der Waals surface area (Å²) in [6.07, 6.45) is 5.28. The number of amides is 2. The molecule has 1 heterocycles. The molecule has 3 aromatic carbocycles. The topological polar surface area (TPSA) is 67.2 Å². The summed E-state index contributed by atoms with van der Waals surface area (Å²) in [4.78, 5) is 28.2. The van der Waals surface area contributed by atoms with Crippen molar-refractivity contribution < 1.29 is 9.59 Å². The SMILES string of the molecule is CCCCCc1ccc(C(=O)N(CCC)CC(=O)Nc2cc(-c3ccccc3)nn2-c2ccc(Cl)cc2)cc1. The third kappa shape index (κ3) is 7.58. The second-order valence-corrected chi connectivity index (χ2v) is 10.0. The van der Waals surface area contributed by atoms with Gasteiger partial charge in [0.1, 0.15) is 12.4 Å². The summed E-state index contributed by atoms with van der Waals surface area (Å²) in [5.74, 6) is 0.0764. The molecule has 6 nitrogen and oxygen atoms in total. The number of hydrogen-bond acceptors (Lipinski definition) is 3. The number of carbonyl (C=O) groups excluding carboxylic acids is 2. The van der Waals surface area contributed by atoms with Gasteiger partial charge in [0.15, 0.2) is 0 Å². The largest absolute Gasteiger partial charge is 0.329 e. The number of aromatic nitrogens is 2. The van der Waals surface area contributed by atoms with Crippen LogP contribution in [0.5, 0.6) is 0 Å². The number of anilines is 1. The zero-order valence-electron chi connectivity index (χ0n) is 22.6. The number of hydrogen-bond donors (Lipinski definition) is 1. The van der Waals surface area contributed by atoms with Crippen molar-refractivity contribution in [2.24, 2.45) is 0 Å². The highest BCUT2D eigenvalue weighted by atomic mass is 35.5. The Bertz CT molecular complexity index is 1370. The number of nitrogens with one attached hydrogen (secondary N) is 1. The Morgan fingerprint density at radius 1 is 0.897 bits per heavy atom. The Balaban J connectivity index is 1.51. The van der Waals surface area contributed by atoms with Gasteiger partial charge in [0, 0.05) is 28.8 Å². The van der Waals surface area contributed by atoms with E-state index >= 15 is 0 Å². The molecular weight excluding hydrogens is 508 g/mol. The first-order valence-corrected chi connectivity index (χ1v) is 14.0. The summed E-state index contributed by atoms with van der Waals surface area (Å²) in [5, 5.41) is 8.34. The van der Waals surface area contributed by atoms with Gasteiger partial charge in [-0.05, 0) is 61.2 Å². The number of aryl methyl sites for hydroxylation is 1. The molecule has 0 fully saturated rings. The van der Waals surface area contributed by atoms with Crippen molar-refractivity contribution in [3.05, 3.63) is 101 Å². The molecule has 0 aliphatic rings. The van der Waals surface area contributed by atoms with Gasteiger partial charge in [-0.2, -0.15) is 5.10 Å². The molecule has 202 valence electrons. The molecular formula is C32H35ClN4O2. The number of benzene rings is 3. The van der Waals surface area contributed by atoms with E-state index in [4.69, 9.17) is 16.7 Å². The minimum Gasteiger partial charge on any atom is -0.329 e. The summed E-state index contributed by atoms with van der Waals surface area (Å²) >= 11 is 6.09. The van der Waals surface area contributed by atoms with Gasteiger partial charge in [0.2, 0.25) is 5.91 Å². The van der Waals surface area contributed by atoms with E-state index in [9.17, 15) is 9.59 Å². The Hall–Kier alpha value is -3.90. The monoisotopic (exact) mass is 542 g/mol. The summed E-state index contributed by atoms with van der Waals surface area (Å²) in [5.41, 5.74) is 4.23. The van der Waals surface area contributed by atoms with E-state index in [2.05, 4.69) is 12.2 Å². The Labute approximate surface area is 235 Å². The van der Waals surface area contributed by atoms with Gasteiger partial charge in [-0.3, -0.25) is 9.59 Å². The van der Waals surface area contributed by atoms with E-state index in [0.717, 1.165) is 36.2 Å². The van der Waals surface area contributed by atoms with Crippen LogP contribution in [-0.4, -0.2) is 39.6 Å². The van der Waals surface area contributed by atoms with Crippen LogP contribution in [0.4, 0.5) is 5.82 Å². The van der Waals surface area contributed by atoms with Gasteiger partial charge in [-0.15, -0.1) is 0 Å². The maximum absolute atomic E-state index is 13.3. The fraction of sp³-hybridized carbons (Fsp3) is 0.281. The molecule has 0 bridgehead atoms. The second-order valence-electron chi connectivity index (χ2n) is 9.60. The fourth-order valence-electron chi connectivity index (χ4n) is 4.45. The Kier molecular flexibility index (Phi) is 9.92. The highest BCUT2D eigenvalue weighted by molar-refractivity contribution is 6.30. The van der Waals surface area contributed by atoms with Crippen LogP contribution in [-0.2, 0) is 11.2 Å². The normalized spacial score (nSPS) is 10.8. The molecule has 0 saturated carbocycles. The minimum absolute atomic E-state index is 0.0581. The Morgan fingerprint density at radius 2 is 1.62 bits per heavy atom. The molecule has 4 rings (SSSR count). The lowest BCUT2D eigenvalue weighted by atomic mass is 10.0. The lowest BCUT2D eigenvalue weighted by Crippen LogP contribution is -2.38. The van der Waals surface area contributed by atoms with Gasteiger partial charge in [0.05, 0.1) is 11.4 Å². The molecule has 0 aliphatic carbocycles. The minimum atomic E-state index is -0.289. The zero-order valence-corrected chi connectivity index (χ0v) is 23.3. The quantitative estimate of drug-likeness (QED) is 0.189. The van der Waals surface area contributed by atoms with Crippen LogP contribution in [0.15, 0.2) is 84.9 Å². The van der Waals surface area contributed by atoms with Gasteiger partial charge in [-0.25, -0.2) is 4.68 Å². The first kappa shape index (κ1) is 28.1. The van der Waals surface area contributed by atoms with Crippen molar-refractivity contribution in [2.45, 2.75) is 46.0 Å². The molecule has 0 spiro atoms. The molecule has 1 aromatic heterocycles. The zero-order chi connectivity index (χ0) is 27.6. The predicted octanol–water partition coefficient (Wildman–Crippen LogP) is 7.42. The number of nitrogens with zero attached hydrogens (tertiary/aromatic N) is 3. The summed E-state index contributed by atoms with van der Waals surface area (Å²) in [6.45, 7) is 4.61. The lowest BCUT2D eigenvalue weighted by Gasteiger charge is -2.22. The predicted molar refractivity (Wildman–Crippen MR) is 159 cm³/mol. The van der Waals surface area contributed by atoms with Crippen LogP contribution in [0.3, 0.4) is 0 Å². The molecule has 0 saturated heterocycles. The maximum atomic E-state index is 13.3. The molecule has 39 heavy (non-hydrogen) atoms. The summed E-state index contributed by atoms with van der Waals surface area (Å²) in [6, 6.07) is 26.6. The van der Waals surface area contributed by atoms with E-state index in [-0.39, 0.29) is 18.4 Å². The van der Waals surface area contributed by atoms with Crippen molar-refractivity contribution >= 4 is 29.2 Å². The number of carbonyl (C=O) groups is 2. The second kappa shape index (κ2) is 13.8. The molecule has 0 radical (unpaired) electrons. The van der Waals surface area contributed by atoms with Crippen molar-refractivity contribution in [2.75, 3.05) is 18.4 Å². The molecule has 7 heteroatoms. The molecule has 0 unspecified atom stereocenters. The number of halogens is 1. The van der Waals surface area contributed by atoms with Crippen molar-refractivity contribution in [1.29, 1.82) is 0 Å². The van der Waals surface area contributed by atoms with E-state index < -0.39 is 0 Å². The van der Waals surface area contributed by atoms with E-state index in [1.807, 2.05) is 79.7 Å². The van der Waals surface area contributed by atoms with Crippen LogP contribution in [0.2, 0.25) is 5.02 Å². The third-order valence-electron chi connectivity index (χ3n) is 6.50. The van der Waals surface area contributed by atoms with E-state index in [1.54, 1.807) is 21.7 Å². The van der Waals surface area contributed by atoms with Crippen LogP contribution in [0.25, 0.3) is 16.9 Å².